The Labute approximate surface area is 219 Å². The maximum Gasteiger partial charge on any atom is 0.411 e. The average molecular weight is 504 g/mol. The Morgan fingerprint density at radius 1 is 1.14 bits per heavy atom. The molecule has 0 bridgehead atoms. The number of nitrogens with zero attached hydrogens (tertiary/aromatic N) is 3. The minimum atomic E-state index is -0.974. The molecule has 3 heterocycles. The molecule has 2 aliphatic rings. The van der Waals surface area contributed by atoms with Crippen LogP contribution in [-0.2, 0) is 21.6 Å². The summed E-state index contributed by atoms with van der Waals surface area (Å²) in [5, 5.41) is 15.1. The smallest absolute Gasteiger partial charge is 0.411 e. The number of aliphatic hydroxyl groups is 1. The van der Waals surface area contributed by atoms with Crippen LogP contribution in [0.3, 0.4) is 0 Å². The molecule has 1 unspecified atom stereocenters. The van der Waals surface area contributed by atoms with Crippen molar-refractivity contribution >= 4 is 6.09 Å². The molecule has 7 nitrogen and oxygen atoms in total. The average Bonchev–Trinajstić information content (AvgIpc) is 3.56. The van der Waals surface area contributed by atoms with E-state index in [1.54, 1.807) is 18.7 Å². The van der Waals surface area contributed by atoms with Gasteiger partial charge < -0.3 is 19.5 Å². The van der Waals surface area contributed by atoms with Gasteiger partial charge in [-0.3, -0.25) is 4.68 Å². The van der Waals surface area contributed by atoms with Crippen molar-refractivity contribution in [3.8, 4) is 11.1 Å². The molecule has 5 rings (SSSR count). The standard InChI is InChI=1S/C30H37N3O4/c1-22(24-9-11-25(12-10-24)26-17-31-32(19-26)18-23-13-16-36-20-23)33-15-14-30(37-28(33)34,21-29(2,3)35)27-7-5-4-6-8-27/h4-12,17,19,22-23,35H,13-16,18,20-21H2,1-3H3/t22-,23?,30-/m0/s1. The lowest BCUT2D eigenvalue weighted by atomic mass is 9.80. The molecule has 0 spiro atoms. The van der Waals surface area contributed by atoms with E-state index in [2.05, 4.69) is 35.6 Å². The first-order valence-electron chi connectivity index (χ1n) is 13.2. The summed E-state index contributed by atoms with van der Waals surface area (Å²) in [6.45, 7) is 8.63. The Kier molecular flexibility index (Phi) is 7.10. The Morgan fingerprint density at radius 3 is 2.54 bits per heavy atom. The maximum absolute atomic E-state index is 13.3. The second-order valence-corrected chi connectivity index (χ2v) is 11.1. The molecule has 3 aromatic rings. The molecule has 2 aromatic carbocycles. The van der Waals surface area contributed by atoms with E-state index in [4.69, 9.17) is 9.47 Å². The highest BCUT2D eigenvalue weighted by Gasteiger charge is 2.46. The van der Waals surface area contributed by atoms with Crippen molar-refractivity contribution in [3.63, 3.8) is 0 Å². The summed E-state index contributed by atoms with van der Waals surface area (Å²) in [4.78, 5) is 15.1. The molecule has 2 aliphatic heterocycles. The van der Waals surface area contributed by atoms with E-state index < -0.39 is 11.2 Å². The third-order valence-electron chi connectivity index (χ3n) is 7.59. The van der Waals surface area contributed by atoms with E-state index >= 15 is 0 Å². The molecule has 1 N–H and O–H groups in total. The van der Waals surface area contributed by atoms with E-state index in [0.717, 1.165) is 48.4 Å². The number of hydrogen-bond donors (Lipinski definition) is 1. The molecular formula is C30H37N3O4. The molecule has 1 amide bonds. The van der Waals surface area contributed by atoms with Gasteiger partial charge in [-0.05, 0) is 43.9 Å². The lowest BCUT2D eigenvalue weighted by Gasteiger charge is -2.45. The number of rotatable bonds is 8. The third kappa shape index (κ3) is 5.73. The second kappa shape index (κ2) is 10.3. The van der Waals surface area contributed by atoms with Crippen molar-refractivity contribution in [2.24, 2.45) is 5.92 Å². The summed E-state index contributed by atoms with van der Waals surface area (Å²) in [6, 6.07) is 18.0. The molecule has 2 saturated heterocycles. The van der Waals surface area contributed by atoms with E-state index in [1.807, 2.05) is 48.1 Å². The fourth-order valence-electron chi connectivity index (χ4n) is 5.63. The predicted molar refractivity (Wildman–Crippen MR) is 142 cm³/mol. The van der Waals surface area contributed by atoms with Crippen LogP contribution >= 0.6 is 0 Å². The molecular weight excluding hydrogens is 466 g/mol. The van der Waals surface area contributed by atoms with Crippen LogP contribution in [0.15, 0.2) is 67.0 Å². The molecule has 196 valence electrons. The first-order chi connectivity index (χ1) is 17.7. The summed E-state index contributed by atoms with van der Waals surface area (Å²) in [7, 11) is 0. The van der Waals surface area contributed by atoms with Gasteiger partial charge in [0.1, 0.15) is 5.60 Å². The number of benzene rings is 2. The minimum Gasteiger partial charge on any atom is -0.438 e. The van der Waals surface area contributed by atoms with Gasteiger partial charge in [0.15, 0.2) is 0 Å². The topological polar surface area (TPSA) is 76.8 Å². The molecule has 0 radical (unpaired) electrons. The fraction of sp³-hybridized carbons (Fsp3) is 0.467. The zero-order valence-electron chi connectivity index (χ0n) is 22.0. The van der Waals surface area contributed by atoms with Gasteiger partial charge in [0.2, 0.25) is 0 Å². The van der Waals surface area contributed by atoms with E-state index in [9.17, 15) is 9.90 Å². The van der Waals surface area contributed by atoms with E-state index in [0.29, 0.717) is 25.3 Å². The van der Waals surface area contributed by atoms with Crippen molar-refractivity contribution < 1.29 is 19.4 Å². The zero-order valence-corrected chi connectivity index (χ0v) is 22.0. The number of amides is 1. The summed E-state index contributed by atoms with van der Waals surface area (Å²) in [6.07, 6.45) is 5.68. The molecule has 2 fully saturated rings. The first kappa shape index (κ1) is 25.5. The Balaban J connectivity index is 1.27. The monoisotopic (exact) mass is 503 g/mol. The Hall–Kier alpha value is -3.16. The van der Waals surface area contributed by atoms with Gasteiger partial charge in [0.05, 0.1) is 24.4 Å². The van der Waals surface area contributed by atoms with Crippen LogP contribution in [0.5, 0.6) is 0 Å². The second-order valence-electron chi connectivity index (χ2n) is 11.1. The van der Waals surface area contributed by atoms with Crippen LogP contribution in [-0.4, -0.2) is 51.2 Å². The van der Waals surface area contributed by atoms with Gasteiger partial charge in [-0.1, -0.05) is 54.6 Å². The summed E-state index contributed by atoms with van der Waals surface area (Å²) in [5.41, 5.74) is 2.32. The van der Waals surface area contributed by atoms with Crippen molar-refractivity contribution in [1.82, 2.24) is 14.7 Å². The largest absolute Gasteiger partial charge is 0.438 e. The lowest BCUT2D eigenvalue weighted by Crippen LogP contribution is -2.51. The number of ether oxygens (including phenoxy) is 2. The van der Waals surface area contributed by atoms with Gasteiger partial charge >= 0.3 is 6.09 Å². The molecule has 37 heavy (non-hydrogen) atoms. The van der Waals surface area contributed by atoms with Gasteiger partial charge in [-0.2, -0.15) is 5.10 Å². The lowest BCUT2D eigenvalue weighted by molar-refractivity contribution is -0.101. The van der Waals surface area contributed by atoms with Crippen LogP contribution in [0.25, 0.3) is 11.1 Å². The highest BCUT2D eigenvalue weighted by Crippen LogP contribution is 2.42. The SMILES string of the molecule is C[C@@H](c1ccc(-c2cnn(CC3CCOC3)c2)cc1)N1CC[C@](CC(C)(C)O)(c2ccccc2)OC1=O. The van der Waals surface area contributed by atoms with Crippen molar-refractivity contribution in [2.45, 2.75) is 63.8 Å². The van der Waals surface area contributed by atoms with Crippen LogP contribution in [0.2, 0.25) is 0 Å². The van der Waals surface area contributed by atoms with Gasteiger partial charge in [-0.25, -0.2) is 4.79 Å². The normalized spacial score (nSPS) is 23.2. The molecule has 7 heteroatoms. The van der Waals surface area contributed by atoms with Crippen molar-refractivity contribution in [1.29, 1.82) is 0 Å². The Bertz CT molecular complexity index is 1200. The first-order valence-corrected chi connectivity index (χ1v) is 13.2. The molecule has 0 saturated carbocycles. The summed E-state index contributed by atoms with van der Waals surface area (Å²) >= 11 is 0. The number of hydrogen-bond acceptors (Lipinski definition) is 5. The minimum absolute atomic E-state index is 0.137. The Morgan fingerprint density at radius 2 is 1.89 bits per heavy atom. The molecule has 1 aromatic heterocycles. The van der Waals surface area contributed by atoms with Crippen LogP contribution in [0.4, 0.5) is 4.79 Å². The zero-order chi connectivity index (χ0) is 26.0. The van der Waals surface area contributed by atoms with E-state index in [1.165, 1.54) is 0 Å². The number of carbonyl (C=O) groups excluding carboxylic acids is 1. The number of cyclic esters (lactones) is 1. The van der Waals surface area contributed by atoms with Gasteiger partial charge in [0.25, 0.3) is 0 Å². The van der Waals surface area contributed by atoms with Crippen LogP contribution in [0.1, 0.15) is 57.2 Å². The molecule has 3 atom stereocenters. The van der Waals surface area contributed by atoms with Gasteiger partial charge in [-0.15, -0.1) is 0 Å². The predicted octanol–water partition coefficient (Wildman–Crippen LogP) is 5.55. The van der Waals surface area contributed by atoms with Crippen LogP contribution < -0.4 is 0 Å². The van der Waals surface area contributed by atoms with E-state index in [-0.39, 0.29) is 12.1 Å². The van der Waals surface area contributed by atoms with Crippen LogP contribution in [0, 0.1) is 5.92 Å². The fourth-order valence-corrected chi connectivity index (χ4v) is 5.63. The highest BCUT2D eigenvalue weighted by molar-refractivity contribution is 5.70. The quantitative estimate of drug-likeness (QED) is 0.436. The van der Waals surface area contributed by atoms with Crippen molar-refractivity contribution in [2.75, 3.05) is 19.8 Å². The number of carbonyl (C=O) groups is 1. The third-order valence-corrected chi connectivity index (χ3v) is 7.59. The summed E-state index contributed by atoms with van der Waals surface area (Å²) < 4.78 is 13.6. The molecule has 0 aliphatic carbocycles. The maximum atomic E-state index is 13.3. The van der Waals surface area contributed by atoms with Crippen molar-refractivity contribution in [3.05, 3.63) is 78.1 Å². The summed E-state index contributed by atoms with van der Waals surface area (Å²) in [5.74, 6) is 0.532. The van der Waals surface area contributed by atoms with Gasteiger partial charge in [0, 0.05) is 50.2 Å². The highest BCUT2D eigenvalue weighted by atomic mass is 16.6. The number of aromatic nitrogens is 2.